The zero-order valence-electron chi connectivity index (χ0n) is 14.3. The number of aromatic nitrogens is 3. The fourth-order valence-electron chi connectivity index (χ4n) is 3.44. The van der Waals surface area contributed by atoms with Crippen molar-refractivity contribution in [2.45, 2.75) is 19.4 Å². The summed E-state index contributed by atoms with van der Waals surface area (Å²) in [7, 11) is 0. The van der Waals surface area contributed by atoms with E-state index in [1.165, 1.54) is 0 Å². The number of halogens is 1. The SMILES string of the molecule is O=C(NCc1cccc(Cl)c1)C1CCCN(c2ccnc3ccnn23)C1. The summed E-state index contributed by atoms with van der Waals surface area (Å²) < 4.78 is 1.83. The van der Waals surface area contributed by atoms with Crippen molar-refractivity contribution in [3.63, 3.8) is 0 Å². The molecule has 3 aromatic rings. The number of piperidine rings is 1. The summed E-state index contributed by atoms with van der Waals surface area (Å²) in [5.41, 5.74) is 1.82. The molecule has 0 spiro atoms. The molecule has 4 rings (SSSR count). The Labute approximate surface area is 156 Å². The highest BCUT2D eigenvalue weighted by Gasteiger charge is 2.27. The molecule has 0 radical (unpaired) electrons. The van der Waals surface area contributed by atoms with Gasteiger partial charge in [0.2, 0.25) is 5.91 Å². The van der Waals surface area contributed by atoms with Crippen molar-refractivity contribution < 1.29 is 4.79 Å². The van der Waals surface area contributed by atoms with Gasteiger partial charge in [0.15, 0.2) is 5.65 Å². The first kappa shape index (κ1) is 16.8. The van der Waals surface area contributed by atoms with Crippen LogP contribution in [0.4, 0.5) is 5.82 Å². The second-order valence-corrected chi connectivity index (χ2v) is 6.97. The van der Waals surface area contributed by atoms with Crippen LogP contribution in [0.15, 0.2) is 48.8 Å². The molecular weight excluding hydrogens is 350 g/mol. The molecular formula is C19H20ClN5O. The lowest BCUT2D eigenvalue weighted by Gasteiger charge is -2.33. The summed E-state index contributed by atoms with van der Waals surface area (Å²) in [5.74, 6) is 1.02. The zero-order chi connectivity index (χ0) is 17.9. The van der Waals surface area contributed by atoms with Gasteiger partial charge in [-0.2, -0.15) is 9.61 Å². The minimum atomic E-state index is -0.0401. The standard InChI is InChI=1S/C19H20ClN5O/c20-16-5-1-3-14(11-16)12-22-19(26)15-4-2-10-24(13-15)18-7-8-21-17-6-9-23-25(17)18/h1,3,5-9,11,15H,2,4,10,12-13H2,(H,22,26). The molecule has 6 nitrogen and oxygen atoms in total. The van der Waals surface area contributed by atoms with Crippen LogP contribution in [-0.4, -0.2) is 33.6 Å². The third-order valence-corrected chi connectivity index (χ3v) is 4.98. The van der Waals surface area contributed by atoms with Crippen LogP contribution in [0.3, 0.4) is 0 Å². The van der Waals surface area contributed by atoms with Gasteiger partial charge in [0.25, 0.3) is 0 Å². The fourth-order valence-corrected chi connectivity index (χ4v) is 3.65. The number of hydrogen-bond acceptors (Lipinski definition) is 4. The van der Waals surface area contributed by atoms with Crippen molar-refractivity contribution in [3.8, 4) is 0 Å². The Morgan fingerprint density at radius 3 is 3.08 bits per heavy atom. The van der Waals surface area contributed by atoms with Gasteiger partial charge in [-0.25, -0.2) is 4.98 Å². The molecule has 7 heteroatoms. The average molecular weight is 370 g/mol. The van der Waals surface area contributed by atoms with Crippen LogP contribution in [0.5, 0.6) is 0 Å². The predicted octanol–water partition coefficient (Wildman–Crippen LogP) is 2.92. The number of rotatable bonds is 4. The van der Waals surface area contributed by atoms with E-state index in [-0.39, 0.29) is 11.8 Å². The van der Waals surface area contributed by atoms with Gasteiger partial charge >= 0.3 is 0 Å². The van der Waals surface area contributed by atoms with Crippen LogP contribution < -0.4 is 10.2 Å². The van der Waals surface area contributed by atoms with Crippen LogP contribution >= 0.6 is 11.6 Å². The Morgan fingerprint density at radius 1 is 1.27 bits per heavy atom. The lowest BCUT2D eigenvalue weighted by atomic mass is 9.97. The highest BCUT2D eigenvalue weighted by Crippen LogP contribution is 2.23. The van der Waals surface area contributed by atoms with Crippen molar-refractivity contribution >= 4 is 29.0 Å². The molecule has 1 aromatic carbocycles. The zero-order valence-corrected chi connectivity index (χ0v) is 15.1. The maximum Gasteiger partial charge on any atom is 0.225 e. The summed E-state index contributed by atoms with van der Waals surface area (Å²) in [6, 6.07) is 11.4. The van der Waals surface area contributed by atoms with Crippen LogP contribution in [0.2, 0.25) is 5.02 Å². The molecule has 1 fully saturated rings. The van der Waals surface area contributed by atoms with Crippen LogP contribution in [0.1, 0.15) is 18.4 Å². The normalized spacial score (nSPS) is 17.4. The number of carbonyl (C=O) groups excluding carboxylic acids is 1. The molecule has 1 amide bonds. The number of benzene rings is 1. The molecule has 0 saturated carbocycles. The fraction of sp³-hybridized carbons (Fsp3) is 0.316. The van der Waals surface area contributed by atoms with Crippen molar-refractivity contribution in [1.82, 2.24) is 19.9 Å². The molecule has 1 N–H and O–H groups in total. The second kappa shape index (κ2) is 7.33. The number of carbonyl (C=O) groups is 1. The van der Waals surface area contributed by atoms with Crippen molar-refractivity contribution in [1.29, 1.82) is 0 Å². The van der Waals surface area contributed by atoms with E-state index in [0.29, 0.717) is 18.1 Å². The van der Waals surface area contributed by atoms with Crippen LogP contribution in [-0.2, 0) is 11.3 Å². The summed E-state index contributed by atoms with van der Waals surface area (Å²) in [6.07, 6.45) is 5.39. The first-order valence-electron chi connectivity index (χ1n) is 8.76. The van der Waals surface area contributed by atoms with E-state index in [4.69, 9.17) is 11.6 Å². The molecule has 3 heterocycles. The lowest BCUT2D eigenvalue weighted by molar-refractivity contribution is -0.125. The monoisotopic (exact) mass is 369 g/mol. The van der Waals surface area contributed by atoms with E-state index in [1.807, 2.05) is 40.9 Å². The molecule has 26 heavy (non-hydrogen) atoms. The van der Waals surface area contributed by atoms with Gasteiger partial charge in [-0.3, -0.25) is 4.79 Å². The van der Waals surface area contributed by atoms with Gasteiger partial charge in [-0.05, 0) is 36.6 Å². The first-order valence-corrected chi connectivity index (χ1v) is 9.14. The lowest BCUT2D eigenvalue weighted by Crippen LogP contribution is -2.43. The van der Waals surface area contributed by atoms with Crippen molar-refractivity contribution in [2.24, 2.45) is 5.92 Å². The molecule has 134 valence electrons. The van der Waals surface area contributed by atoms with Gasteiger partial charge < -0.3 is 10.2 Å². The first-order chi connectivity index (χ1) is 12.7. The van der Waals surface area contributed by atoms with Crippen molar-refractivity contribution in [3.05, 3.63) is 59.4 Å². The second-order valence-electron chi connectivity index (χ2n) is 6.54. The molecule has 1 unspecified atom stereocenters. The minimum absolute atomic E-state index is 0.0401. The number of nitrogens with one attached hydrogen (secondary N) is 1. The summed E-state index contributed by atoms with van der Waals surface area (Å²) in [4.78, 5) is 19.2. The highest BCUT2D eigenvalue weighted by molar-refractivity contribution is 6.30. The van der Waals surface area contributed by atoms with Crippen LogP contribution in [0.25, 0.3) is 5.65 Å². The maximum atomic E-state index is 12.6. The summed E-state index contributed by atoms with van der Waals surface area (Å²) in [6.45, 7) is 2.09. The third kappa shape index (κ3) is 3.51. The number of nitrogens with zero attached hydrogens (tertiary/aromatic N) is 4. The predicted molar refractivity (Wildman–Crippen MR) is 101 cm³/mol. The Bertz CT molecular complexity index is 925. The number of anilines is 1. The molecule has 1 saturated heterocycles. The van der Waals surface area contributed by atoms with E-state index in [0.717, 1.165) is 36.4 Å². The minimum Gasteiger partial charge on any atom is -0.356 e. The maximum absolute atomic E-state index is 12.6. The largest absolute Gasteiger partial charge is 0.356 e. The Hall–Kier alpha value is -2.60. The summed E-state index contributed by atoms with van der Waals surface area (Å²) in [5, 5.41) is 8.07. The molecule has 2 aromatic heterocycles. The van der Waals surface area contributed by atoms with Gasteiger partial charge in [-0.15, -0.1) is 0 Å². The molecule has 1 atom stereocenters. The van der Waals surface area contributed by atoms with Gasteiger partial charge in [-0.1, -0.05) is 23.7 Å². The van der Waals surface area contributed by atoms with Gasteiger partial charge in [0, 0.05) is 36.9 Å². The molecule has 0 bridgehead atoms. The van der Waals surface area contributed by atoms with E-state index in [2.05, 4.69) is 20.3 Å². The average Bonchev–Trinajstić information content (AvgIpc) is 3.15. The molecule has 0 aliphatic carbocycles. The van der Waals surface area contributed by atoms with E-state index in [9.17, 15) is 4.79 Å². The quantitative estimate of drug-likeness (QED) is 0.768. The molecule has 1 aliphatic heterocycles. The Balaban J connectivity index is 1.43. The van der Waals surface area contributed by atoms with E-state index >= 15 is 0 Å². The van der Waals surface area contributed by atoms with Gasteiger partial charge in [0.1, 0.15) is 5.82 Å². The summed E-state index contributed by atoms with van der Waals surface area (Å²) >= 11 is 6.00. The highest BCUT2D eigenvalue weighted by atomic mass is 35.5. The Morgan fingerprint density at radius 2 is 2.19 bits per heavy atom. The molecule has 1 aliphatic rings. The number of fused-ring (bicyclic) bond motifs is 1. The number of hydrogen-bond donors (Lipinski definition) is 1. The van der Waals surface area contributed by atoms with E-state index in [1.54, 1.807) is 12.4 Å². The van der Waals surface area contributed by atoms with Gasteiger partial charge in [0.05, 0.1) is 12.1 Å². The van der Waals surface area contributed by atoms with Crippen LogP contribution in [0, 0.1) is 5.92 Å². The smallest absolute Gasteiger partial charge is 0.225 e. The van der Waals surface area contributed by atoms with Crippen molar-refractivity contribution in [2.75, 3.05) is 18.0 Å². The third-order valence-electron chi connectivity index (χ3n) is 4.74. The number of amides is 1. The Kier molecular flexibility index (Phi) is 4.75. The van der Waals surface area contributed by atoms with E-state index < -0.39 is 0 Å². The topological polar surface area (TPSA) is 62.5 Å².